The number of carbonyl (C=O) groups excluding carboxylic acids is 2. The van der Waals surface area contributed by atoms with Crippen LogP contribution < -0.4 is 5.32 Å². The van der Waals surface area contributed by atoms with Crippen molar-refractivity contribution in [3.05, 3.63) is 76.4 Å². The molecular formula is C23H26Cl2N4O3. The summed E-state index contributed by atoms with van der Waals surface area (Å²) in [5.41, 5.74) is 1.36. The van der Waals surface area contributed by atoms with Gasteiger partial charge in [0.1, 0.15) is 12.3 Å². The van der Waals surface area contributed by atoms with Gasteiger partial charge < -0.3 is 24.1 Å². The molecule has 0 radical (unpaired) electrons. The quantitative estimate of drug-likeness (QED) is 0.473. The highest BCUT2D eigenvalue weighted by Gasteiger charge is 2.25. The van der Waals surface area contributed by atoms with Crippen LogP contribution in [0.4, 0.5) is 10.5 Å². The molecule has 0 spiro atoms. The second-order valence-corrected chi connectivity index (χ2v) is 8.48. The smallest absolute Gasteiger partial charge is 0.322 e. The Labute approximate surface area is 197 Å². The number of nitrogens with zero attached hydrogens (tertiary/aromatic N) is 3. The molecule has 0 unspecified atom stereocenters. The third kappa shape index (κ3) is 5.87. The standard InChI is InChI=1S/C23H26Cl2N4O3/c1-16(2)29(23(31)26-20-10-4-9-19(24)22(20)25)15-21(30)28(14-18-8-6-12-32-18)13-17-7-5-11-27(17)3/h4-12,16H,13-15H2,1-3H3,(H,26,31). The molecule has 2 aromatic heterocycles. The summed E-state index contributed by atoms with van der Waals surface area (Å²) in [7, 11) is 1.92. The Balaban J connectivity index is 1.76. The number of aromatic nitrogens is 1. The van der Waals surface area contributed by atoms with Crippen LogP contribution in [0.25, 0.3) is 0 Å². The van der Waals surface area contributed by atoms with E-state index in [9.17, 15) is 9.59 Å². The summed E-state index contributed by atoms with van der Waals surface area (Å²) in [6.07, 6.45) is 3.50. The lowest BCUT2D eigenvalue weighted by Gasteiger charge is -2.30. The monoisotopic (exact) mass is 476 g/mol. The fourth-order valence-corrected chi connectivity index (χ4v) is 3.55. The van der Waals surface area contributed by atoms with Gasteiger partial charge in [0.15, 0.2) is 0 Å². The maximum Gasteiger partial charge on any atom is 0.322 e. The summed E-state index contributed by atoms with van der Waals surface area (Å²) in [4.78, 5) is 29.4. The van der Waals surface area contributed by atoms with Crippen LogP contribution in [0.1, 0.15) is 25.3 Å². The number of rotatable bonds is 8. The number of furan rings is 1. The van der Waals surface area contributed by atoms with Crippen molar-refractivity contribution in [3.63, 3.8) is 0 Å². The predicted molar refractivity (Wildman–Crippen MR) is 126 cm³/mol. The molecule has 0 atom stereocenters. The molecule has 0 aliphatic carbocycles. The zero-order valence-electron chi connectivity index (χ0n) is 18.2. The van der Waals surface area contributed by atoms with E-state index in [0.29, 0.717) is 29.6 Å². The maximum atomic E-state index is 13.3. The lowest BCUT2D eigenvalue weighted by atomic mass is 10.2. The lowest BCUT2D eigenvalue weighted by Crippen LogP contribution is -2.47. The topological polar surface area (TPSA) is 70.7 Å². The fraction of sp³-hybridized carbons (Fsp3) is 0.304. The van der Waals surface area contributed by atoms with Gasteiger partial charge in [0, 0.05) is 25.0 Å². The molecule has 7 nitrogen and oxygen atoms in total. The molecule has 3 amide bonds. The Morgan fingerprint density at radius 3 is 2.50 bits per heavy atom. The first-order chi connectivity index (χ1) is 15.3. The third-order valence-corrected chi connectivity index (χ3v) is 5.89. The molecule has 170 valence electrons. The Morgan fingerprint density at radius 1 is 1.09 bits per heavy atom. The molecule has 0 aliphatic heterocycles. The van der Waals surface area contributed by atoms with Gasteiger partial charge in [-0.05, 0) is 50.2 Å². The van der Waals surface area contributed by atoms with E-state index in [1.54, 1.807) is 35.4 Å². The summed E-state index contributed by atoms with van der Waals surface area (Å²) in [6.45, 7) is 4.27. The van der Waals surface area contributed by atoms with Gasteiger partial charge in [-0.2, -0.15) is 0 Å². The van der Waals surface area contributed by atoms with Crippen molar-refractivity contribution in [1.82, 2.24) is 14.4 Å². The SMILES string of the molecule is CC(C)N(CC(=O)N(Cc1ccco1)Cc1cccn1C)C(=O)Nc1cccc(Cl)c1Cl. The zero-order valence-corrected chi connectivity index (χ0v) is 19.7. The van der Waals surface area contributed by atoms with Gasteiger partial charge in [0.2, 0.25) is 5.91 Å². The molecule has 0 saturated carbocycles. The van der Waals surface area contributed by atoms with Crippen molar-refractivity contribution in [2.24, 2.45) is 7.05 Å². The van der Waals surface area contributed by atoms with Gasteiger partial charge in [0.25, 0.3) is 0 Å². The first-order valence-electron chi connectivity index (χ1n) is 10.2. The molecular weight excluding hydrogens is 451 g/mol. The van der Waals surface area contributed by atoms with Gasteiger partial charge in [-0.25, -0.2) is 4.79 Å². The number of benzene rings is 1. The van der Waals surface area contributed by atoms with E-state index >= 15 is 0 Å². The molecule has 32 heavy (non-hydrogen) atoms. The number of aryl methyl sites for hydroxylation is 1. The van der Waals surface area contributed by atoms with Gasteiger partial charge in [-0.1, -0.05) is 29.3 Å². The first-order valence-corrected chi connectivity index (χ1v) is 10.9. The van der Waals surface area contributed by atoms with Crippen LogP contribution in [-0.4, -0.2) is 38.9 Å². The van der Waals surface area contributed by atoms with E-state index in [-0.39, 0.29) is 23.5 Å². The van der Waals surface area contributed by atoms with Gasteiger partial charge in [-0.15, -0.1) is 0 Å². The number of halogens is 2. The number of hydrogen-bond acceptors (Lipinski definition) is 3. The second-order valence-electron chi connectivity index (χ2n) is 7.69. The highest BCUT2D eigenvalue weighted by Crippen LogP contribution is 2.29. The summed E-state index contributed by atoms with van der Waals surface area (Å²) in [5, 5.41) is 3.34. The molecule has 0 fully saturated rings. The summed E-state index contributed by atoms with van der Waals surface area (Å²) < 4.78 is 7.40. The second kappa shape index (κ2) is 10.6. The van der Waals surface area contributed by atoms with Gasteiger partial charge in [0.05, 0.1) is 35.1 Å². The largest absolute Gasteiger partial charge is 0.467 e. The molecule has 1 N–H and O–H groups in total. The van der Waals surface area contributed by atoms with E-state index < -0.39 is 6.03 Å². The summed E-state index contributed by atoms with van der Waals surface area (Å²) >= 11 is 12.2. The zero-order chi connectivity index (χ0) is 23.3. The van der Waals surface area contributed by atoms with Crippen molar-refractivity contribution in [2.75, 3.05) is 11.9 Å². The van der Waals surface area contributed by atoms with E-state index in [2.05, 4.69) is 5.32 Å². The first kappa shape index (κ1) is 23.8. The van der Waals surface area contributed by atoms with Crippen LogP contribution in [0, 0.1) is 0 Å². The Kier molecular flexibility index (Phi) is 7.88. The molecule has 9 heteroatoms. The number of amides is 3. The number of carbonyl (C=O) groups is 2. The average molecular weight is 477 g/mol. The summed E-state index contributed by atoms with van der Waals surface area (Å²) in [6, 6.07) is 11.8. The maximum absolute atomic E-state index is 13.3. The van der Waals surface area contributed by atoms with Crippen LogP contribution in [0.5, 0.6) is 0 Å². The Bertz CT molecular complexity index is 1060. The number of hydrogen-bond donors (Lipinski definition) is 1. The molecule has 0 aliphatic rings. The number of urea groups is 1. The Hall–Kier alpha value is -2.90. The van der Waals surface area contributed by atoms with Crippen LogP contribution in [0.3, 0.4) is 0 Å². The van der Waals surface area contributed by atoms with Crippen molar-refractivity contribution in [2.45, 2.75) is 33.0 Å². The predicted octanol–water partition coefficient (Wildman–Crippen LogP) is 5.40. The third-order valence-electron chi connectivity index (χ3n) is 5.07. The van der Waals surface area contributed by atoms with E-state index in [0.717, 1.165) is 5.69 Å². The van der Waals surface area contributed by atoms with Crippen LogP contribution >= 0.6 is 23.2 Å². The van der Waals surface area contributed by atoms with Crippen LogP contribution in [0.2, 0.25) is 10.0 Å². The summed E-state index contributed by atoms with van der Waals surface area (Å²) in [5.74, 6) is 0.461. The molecule has 0 saturated heterocycles. The minimum Gasteiger partial charge on any atom is -0.467 e. The molecule has 0 bridgehead atoms. The average Bonchev–Trinajstić information content (AvgIpc) is 3.40. The van der Waals surface area contributed by atoms with Crippen molar-refractivity contribution in [3.8, 4) is 0 Å². The van der Waals surface area contributed by atoms with Crippen LogP contribution in [0.15, 0.2) is 59.3 Å². The molecule has 2 heterocycles. The van der Waals surface area contributed by atoms with Crippen molar-refractivity contribution < 1.29 is 14.0 Å². The molecule has 1 aromatic carbocycles. The van der Waals surface area contributed by atoms with Crippen LogP contribution in [-0.2, 0) is 24.9 Å². The lowest BCUT2D eigenvalue weighted by molar-refractivity contribution is -0.133. The van der Waals surface area contributed by atoms with E-state index in [4.69, 9.17) is 27.6 Å². The molecule has 3 rings (SSSR count). The highest BCUT2D eigenvalue weighted by molar-refractivity contribution is 6.43. The normalized spacial score (nSPS) is 10.9. The molecule has 3 aromatic rings. The Morgan fingerprint density at radius 2 is 1.88 bits per heavy atom. The minimum atomic E-state index is -0.436. The minimum absolute atomic E-state index is 0.104. The van der Waals surface area contributed by atoms with E-state index in [1.165, 1.54) is 4.90 Å². The van der Waals surface area contributed by atoms with Gasteiger partial charge >= 0.3 is 6.03 Å². The van der Waals surface area contributed by atoms with Gasteiger partial charge in [-0.3, -0.25) is 4.79 Å². The highest BCUT2D eigenvalue weighted by atomic mass is 35.5. The fourth-order valence-electron chi connectivity index (χ4n) is 3.20. The number of nitrogens with one attached hydrogen (secondary N) is 1. The van der Waals surface area contributed by atoms with E-state index in [1.807, 2.05) is 49.9 Å². The van der Waals surface area contributed by atoms with Crippen molar-refractivity contribution >= 4 is 40.8 Å². The van der Waals surface area contributed by atoms with Crippen molar-refractivity contribution in [1.29, 1.82) is 0 Å². The number of anilines is 1.